The first-order valence-electron chi connectivity index (χ1n) is 8.93. The molecule has 0 radical (unpaired) electrons. The van der Waals surface area contributed by atoms with Gasteiger partial charge in [-0.15, -0.1) is 10.2 Å². The molecule has 0 unspecified atom stereocenters. The number of nitrogens with zero attached hydrogens (tertiary/aromatic N) is 4. The van der Waals surface area contributed by atoms with E-state index < -0.39 is 0 Å². The predicted molar refractivity (Wildman–Crippen MR) is 106 cm³/mol. The smallest absolute Gasteiger partial charge is 0.311 e. The highest BCUT2D eigenvalue weighted by Gasteiger charge is 2.27. The molecule has 3 aromatic rings. The van der Waals surface area contributed by atoms with E-state index in [1.54, 1.807) is 24.1 Å². The van der Waals surface area contributed by atoms with Crippen LogP contribution in [-0.4, -0.2) is 54.3 Å². The Bertz CT molecular complexity index is 983. The van der Waals surface area contributed by atoms with Crippen LogP contribution in [0.2, 0.25) is 5.02 Å². The molecule has 1 aliphatic rings. The quantitative estimate of drug-likeness (QED) is 0.671. The lowest BCUT2D eigenvalue weighted by Gasteiger charge is -2.36. The Morgan fingerprint density at radius 2 is 1.75 bits per heavy atom. The molecule has 144 valence electrons. The van der Waals surface area contributed by atoms with Gasteiger partial charge in [-0.2, -0.15) is 0 Å². The van der Waals surface area contributed by atoms with Gasteiger partial charge in [0.15, 0.2) is 0 Å². The Morgan fingerprint density at radius 3 is 2.50 bits per heavy atom. The van der Waals surface area contributed by atoms with E-state index in [1.165, 1.54) is 0 Å². The second-order valence-electron chi connectivity index (χ2n) is 6.34. The molecule has 2 heterocycles. The lowest BCUT2D eigenvalue weighted by atomic mass is 10.2. The first-order valence-corrected chi connectivity index (χ1v) is 9.31. The monoisotopic (exact) mass is 398 g/mol. The van der Waals surface area contributed by atoms with Crippen molar-refractivity contribution in [3.63, 3.8) is 0 Å². The fourth-order valence-corrected chi connectivity index (χ4v) is 3.45. The van der Waals surface area contributed by atoms with Gasteiger partial charge in [0.1, 0.15) is 5.75 Å². The van der Waals surface area contributed by atoms with Gasteiger partial charge in [0.05, 0.1) is 23.4 Å². The van der Waals surface area contributed by atoms with Crippen molar-refractivity contribution in [1.29, 1.82) is 0 Å². The number of carbonyl (C=O) groups is 1. The van der Waals surface area contributed by atoms with E-state index >= 15 is 0 Å². The van der Waals surface area contributed by atoms with Gasteiger partial charge in [0.25, 0.3) is 0 Å². The van der Waals surface area contributed by atoms with Crippen LogP contribution >= 0.6 is 11.6 Å². The summed E-state index contributed by atoms with van der Waals surface area (Å²) in [5, 5.41) is 8.38. The number of para-hydroxylation sites is 2. The Kier molecular flexibility index (Phi) is 5.16. The Balaban J connectivity index is 1.44. The van der Waals surface area contributed by atoms with E-state index in [2.05, 4.69) is 15.1 Å². The average molecular weight is 399 g/mol. The first-order chi connectivity index (χ1) is 13.7. The molecule has 0 N–H and O–H groups in total. The Hall–Kier alpha value is -3.06. The molecule has 2 aromatic carbocycles. The fourth-order valence-electron chi connectivity index (χ4n) is 3.23. The topological polar surface area (TPSA) is 71.7 Å². The van der Waals surface area contributed by atoms with Crippen molar-refractivity contribution in [2.75, 3.05) is 38.2 Å². The van der Waals surface area contributed by atoms with Crippen LogP contribution in [0, 0.1) is 0 Å². The highest BCUT2D eigenvalue weighted by molar-refractivity contribution is 6.33. The van der Waals surface area contributed by atoms with Gasteiger partial charge in [-0.25, -0.2) is 0 Å². The summed E-state index contributed by atoms with van der Waals surface area (Å²) in [5.74, 6) is 0.760. The minimum Gasteiger partial charge on any atom is -0.495 e. The zero-order chi connectivity index (χ0) is 19.5. The summed E-state index contributed by atoms with van der Waals surface area (Å²) in [6, 6.07) is 15.0. The number of benzene rings is 2. The van der Waals surface area contributed by atoms with E-state index in [1.807, 2.05) is 36.4 Å². The number of halogens is 1. The largest absolute Gasteiger partial charge is 0.495 e. The molecule has 0 bridgehead atoms. The summed E-state index contributed by atoms with van der Waals surface area (Å²) < 4.78 is 11.0. The minimum atomic E-state index is -0.273. The summed E-state index contributed by atoms with van der Waals surface area (Å²) in [6.45, 7) is 2.50. The molecule has 1 saturated heterocycles. The number of amides is 1. The zero-order valence-electron chi connectivity index (χ0n) is 15.3. The van der Waals surface area contributed by atoms with E-state index in [0.29, 0.717) is 36.8 Å². The number of carbonyl (C=O) groups excluding carboxylic acids is 1. The molecule has 1 aliphatic heterocycles. The summed E-state index contributed by atoms with van der Waals surface area (Å²) >= 11 is 6.16. The summed E-state index contributed by atoms with van der Waals surface area (Å²) in [6.07, 6.45) is 0. The molecule has 0 aliphatic carbocycles. The van der Waals surface area contributed by atoms with Gasteiger partial charge in [-0.1, -0.05) is 35.9 Å². The van der Waals surface area contributed by atoms with Crippen molar-refractivity contribution in [3.05, 3.63) is 59.4 Å². The van der Waals surface area contributed by atoms with E-state index in [9.17, 15) is 4.79 Å². The molecule has 4 rings (SSSR count). The summed E-state index contributed by atoms with van der Waals surface area (Å²) in [5.41, 5.74) is 1.63. The highest BCUT2D eigenvalue weighted by Crippen LogP contribution is 2.29. The third-order valence-electron chi connectivity index (χ3n) is 4.70. The third kappa shape index (κ3) is 3.53. The summed E-state index contributed by atoms with van der Waals surface area (Å²) in [4.78, 5) is 16.7. The number of piperazine rings is 1. The second-order valence-corrected chi connectivity index (χ2v) is 6.75. The molecular formula is C20H19ClN4O3. The molecule has 0 atom stereocenters. The van der Waals surface area contributed by atoms with Crippen molar-refractivity contribution >= 4 is 23.2 Å². The van der Waals surface area contributed by atoms with Crippen LogP contribution in [-0.2, 0) is 0 Å². The molecule has 8 heteroatoms. The molecule has 0 saturated carbocycles. The maximum atomic E-state index is 12.7. The van der Waals surface area contributed by atoms with Gasteiger partial charge in [-0.3, -0.25) is 4.79 Å². The lowest BCUT2D eigenvalue weighted by Crippen LogP contribution is -2.49. The van der Waals surface area contributed by atoms with Crippen LogP contribution in [0.15, 0.2) is 52.9 Å². The molecule has 1 aromatic heterocycles. The van der Waals surface area contributed by atoms with Crippen molar-refractivity contribution in [2.24, 2.45) is 0 Å². The zero-order valence-corrected chi connectivity index (χ0v) is 16.1. The SMILES string of the molecule is COc1ccccc1N1CCN(C(=O)c2nnc(-c3ccccc3Cl)o2)CC1. The number of hydrogen-bond acceptors (Lipinski definition) is 6. The van der Waals surface area contributed by atoms with Crippen molar-refractivity contribution in [3.8, 4) is 17.2 Å². The van der Waals surface area contributed by atoms with Gasteiger partial charge >= 0.3 is 11.8 Å². The second kappa shape index (κ2) is 7.90. The van der Waals surface area contributed by atoms with E-state index in [-0.39, 0.29) is 17.7 Å². The van der Waals surface area contributed by atoms with Gasteiger partial charge in [0, 0.05) is 26.2 Å². The number of ether oxygens (including phenoxy) is 1. The Morgan fingerprint density at radius 1 is 1.04 bits per heavy atom. The molecule has 7 nitrogen and oxygen atoms in total. The first kappa shape index (κ1) is 18.3. The number of rotatable bonds is 4. The third-order valence-corrected chi connectivity index (χ3v) is 5.03. The van der Waals surface area contributed by atoms with Crippen molar-refractivity contribution in [2.45, 2.75) is 0 Å². The van der Waals surface area contributed by atoms with Crippen molar-refractivity contribution in [1.82, 2.24) is 15.1 Å². The molecule has 28 heavy (non-hydrogen) atoms. The van der Waals surface area contributed by atoms with Gasteiger partial charge < -0.3 is 19.0 Å². The standard InChI is InChI=1S/C20H19ClN4O3/c1-27-17-9-5-4-8-16(17)24-10-12-25(13-11-24)20(26)19-23-22-18(28-19)14-6-2-3-7-15(14)21/h2-9H,10-13H2,1H3. The maximum absolute atomic E-state index is 12.7. The molecular weight excluding hydrogens is 380 g/mol. The number of methoxy groups -OCH3 is 1. The number of aromatic nitrogens is 2. The highest BCUT2D eigenvalue weighted by atomic mass is 35.5. The number of anilines is 1. The predicted octanol–water partition coefficient (Wildman–Crippen LogP) is 3.36. The van der Waals surface area contributed by atoms with E-state index in [0.717, 1.165) is 11.4 Å². The summed E-state index contributed by atoms with van der Waals surface area (Å²) in [7, 11) is 1.66. The normalized spacial score (nSPS) is 14.2. The molecule has 0 spiro atoms. The van der Waals surface area contributed by atoms with Crippen LogP contribution < -0.4 is 9.64 Å². The number of hydrogen-bond donors (Lipinski definition) is 0. The Labute approximate surface area is 167 Å². The maximum Gasteiger partial charge on any atom is 0.311 e. The van der Waals surface area contributed by atoms with Gasteiger partial charge in [0.2, 0.25) is 5.89 Å². The molecule has 1 fully saturated rings. The van der Waals surface area contributed by atoms with Crippen LogP contribution in [0.3, 0.4) is 0 Å². The fraction of sp³-hybridized carbons (Fsp3) is 0.250. The molecule has 1 amide bonds. The minimum absolute atomic E-state index is 0.0272. The van der Waals surface area contributed by atoms with Gasteiger partial charge in [-0.05, 0) is 24.3 Å². The van der Waals surface area contributed by atoms with Crippen LogP contribution in [0.4, 0.5) is 5.69 Å². The lowest BCUT2D eigenvalue weighted by molar-refractivity contribution is 0.0707. The average Bonchev–Trinajstić information content (AvgIpc) is 3.23. The van der Waals surface area contributed by atoms with Crippen LogP contribution in [0.25, 0.3) is 11.5 Å². The van der Waals surface area contributed by atoms with Crippen LogP contribution in [0.5, 0.6) is 5.75 Å². The van der Waals surface area contributed by atoms with E-state index in [4.69, 9.17) is 20.8 Å². The van der Waals surface area contributed by atoms with Crippen LogP contribution in [0.1, 0.15) is 10.7 Å². The van der Waals surface area contributed by atoms with Crippen molar-refractivity contribution < 1.29 is 13.9 Å².